The van der Waals surface area contributed by atoms with Gasteiger partial charge in [-0.25, -0.2) is 17.5 Å². The van der Waals surface area contributed by atoms with E-state index >= 15 is 0 Å². The van der Waals surface area contributed by atoms with Crippen LogP contribution in [-0.2, 0) is 16.4 Å². The van der Waals surface area contributed by atoms with Crippen LogP contribution < -0.4 is 14.9 Å². The number of anilines is 2. The van der Waals surface area contributed by atoms with Crippen molar-refractivity contribution >= 4 is 27.3 Å². The Morgan fingerprint density at radius 1 is 1.24 bits per heavy atom. The lowest BCUT2D eigenvalue weighted by Crippen LogP contribution is -2.37. The molecule has 8 heteroatoms. The van der Waals surface area contributed by atoms with Gasteiger partial charge in [-0.05, 0) is 47.2 Å². The van der Waals surface area contributed by atoms with Crippen molar-refractivity contribution in [3.05, 3.63) is 58.9 Å². The third-order valence-corrected chi connectivity index (χ3v) is 5.70. The van der Waals surface area contributed by atoms with Gasteiger partial charge in [-0.2, -0.15) is 0 Å². The second-order valence-corrected chi connectivity index (χ2v) is 10.2. The average molecular weight is 420 g/mol. The Balaban J connectivity index is 2.07. The van der Waals surface area contributed by atoms with Crippen LogP contribution in [0.5, 0.6) is 0 Å². The third kappa shape index (κ3) is 4.53. The number of hydrogen-bond donors (Lipinski definition) is 2. The van der Waals surface area contributed by atoms with E-state index in [4.69, 9.17) is 0 Å². The van der Waals surface area contributed by atoms with Gasteiger partial charge in [-0.15, -0.1) is 0 Å². The fourth-order valence-electron chi connectivity index (χ4n) is 3.82. The number of carbonyl (C=O) groups excluding carboxylic acids is 1. The number of nitrogens with zero attached hydrogens (tertiary/aromatic N) is 1. The molecule has 1 aliphatic heterocycles. The summed E-state index contributed by atoms with van der Waals surface area (Å²) >= 11 is 0. The van der Waals surface area contributed by atoms with Crippen molar-refractivity contribution in [1.82, 2.24) is 4.72 Å². The second-order valence-electron chi connectivity index (χ2n) is 8.42. The molecule has 2 aromatic carbocycles. The Bertz CT molecular complexity index is 1060. The van der Waals surface area contributed by atoms with Crippen LogP contribution in [0.3, 0.4) is 0 Å². The van der Waals surface area contributed by atoms with Crippen molar-refractivity contribution in [3.63, 3.8) is 0 Å². The molecule has 2 N–H and O–H groups in total. The number of para-hydroxylation sites is 1. The van der Waals surface area contributed by atoms with Crippen LogP contribution in [0.25, 0.3) is 0 Å². The molecule has 0 radical (unpaired) electrons. The highest BCUT2D eigenvalue weighted by Crippen LogP contribution is 2.46. The Hall–Kier alpha value is -2.61. The van der Waals surface area contributed by atoms with E-state index in [-0.39, 0.29) is 22.8 Å². The van der Waals surface area contributed by atoms with Crippen molar-refractivity contribution in [2.24, 2.45) is 5.41 Å². The van der Waals surface area contributed by atoms with Gasteiger partial charge in [0.2, 0.25) is 10.0 Å². The van der Waals surface area contributed by atoms with Gasteiger partial charge in [0, 0.05) is 19.8 Å². The zero-order valence-corrected chi connectivity index (χ0v) is 18.0. The summed E-state index contributed by atoms with van der Waals surface area (Å²) in [5.41, 5.74) is 2.98. The smallest absolute Gasteiger partial charge is 0.266 e. The summed E-state index contributed by atoms with van der Waals surface area (Å²) < 4.78 is 39.3. The lowest BCUT2D eigenvalue weighted by Gasteiger charge is -2.42. The van der Waals surface area contributed by atoms with E-state index in [1.54, 1.807) is 12.1 Å². The first-order valence-electron chi connectivity index (χ1n) is 9.26. The van der Waals surface area contributed by atoms with Gasteiger partial charge in [-0.3, -0.25) is 4.79 Å². The fraction of sp³-hybridized carbons (Fsp3) is 0.381. The molecule has 156 valence electrons. The Kier molecular flexibility index (Phi) is 5.34. The highest BCUT2D eigenvalue weighted by Gasteiger charge is 2.38. The fourth-order valence-corrected chi connectivity index (χ4v) is 4.27. The number of fused-ring (bicyclic) bond motifs is 1. The average Bonchev–Trinajstić information content (AvgIpc) is 2.57. The van der Waals surface area contributed by atoms with Gasteiger partial charge in [0.1, 0.15) is 5.82 Å². The molecule has 0 saturated carbocycles. The second kappa shape index (κ2) is 7.33. The predicted octanol–water partition coefficient (Wildman–Crippen LogP) is 3.32. The van der Waals surface area contributed by atoms with E-state index in [1.165, 1.54) is 12.1 Å². The monoisotopic (exact) mass is 419 g/mol. The minimum absolute atomic E-state index is 0.248. The van der Waals surface area contributed by atoms with Crippen LogP contribution in [-0.4, -0.2) is 34.7 Å². The molecule has 29 heavy (non-hydrogen) atoms. The molecule has 1 atom stereocenters. The molecule has 1 aliphatic rings. The van der Waals surface area contributed by atoms with E-state index in [2.05, 4.69) is 19.2 Å². The molecule has 0 bridgehead atoms. The maximum absolute atomic E-state index is 14.3. The van der Waals surface area contributed by atoms with Crippen molar-refractivity contribution in [1.29, 1.82) is 0 Å². The molecule has 0 spiro atoms. The van der Waals surface area contributed by atoms with E-state index in [0.29, 0.717) is 12.1 Å². The number of sulfonamides is 1. The summed E-state index contributed by atoms with van der Waals surface area (Å²) in [6.45, 7) is 4.16. The first-order chi connectivity index (χ1) is 13.4. The van der Waals surface area contributed by atoms with Gasteiger partial charge in [-0.1, -0.05) is 26.0 Å². The highest BCUT2D eigenvalue weighted by molar-refractivity contribution is 7.89. The molecular weight excluding hydrogens is 393 g/mol. The van der Waals surface area contributed by atoms with E-state index < -0.39 is 15.9 Å². The number of benzene rings is 2. The maximum Gasteiger partial charge on any atom is 0.266 e. The summed E-state index contributed by atoms with van der Waals surface area (Å²) in [5, 5.41) is 3.39. The van der Waals surface area contributed by atoms with Gasteiger partial charge in [0.05, 0.1) is 23.5 Å². The first kappa shape index (κ1) is 21.1. The summed E-state index contributed by atoms with van der Waals surface area (Å²) in [5.74, 6) is -1.03. The minimum Gasteiger partial charge on any atom is -0.378 e. The largest absolute Gasteiger partial charge is 0.378 e. The van der Waals surface area contributed by atoms with Gasteiger partial charge in [0.15, 0.2) is 0 Å². The van der Waals surface area contributed by atoms with Crippen LogP contribution in [0.1, 0.15) is 41.4 Å². The maximum atomic E-state index is 14.3. The Morgan fingerprint density at radius 2 is 1.93 bits per heavy atom. The van der Waals surface area contributed by atoms with E-state index in [0.717, 1.165) is 23.1 Å². The molecule has 1 amide bonds. The van der Waals surface area contributed by atoms with Crippen LogP contribution >= 0.6 is 0 Å². The highest BCUT2D eigenvalue weighted by atomic mass is 32.2. The molecule has 0 aliphatic carbocycles. The lowest BCUT2D eigenvalue weighted by molar-refractivity contribution is 0.0982. The molecule has 3 rings (SSSR count). The number of halogens is 1. The Morgan fingerprint density at radius 3 is 2.55 bits per heavy atom. The number of rotatable bonds is 4. The predicted molar refractivity (Wildman–Crippen MR) is 113 cm³/mol. The normalized spacial score (nSPS) is 17.8. The topological polar surface area (TPSA) is 78.5 Å². The molecule has 0 saturated heterocycles. The molecule has 2 aromatic rings. The number of amides is 1. The van der Waals surface area contributed by atoms with E-state index in [1.807, 2.05) is 35.9 Å². The quantitative estimate of drug-likeness (QED) is 0.795. The minimum atomic E-state index is -3.69. The zero-order valence-electron chi connectivity index (χ0n) is 17.2. The van der Waals surface area contributed by atoms with Crippen molar-refractivity contribution in [2.75, 3.05) is 30.6 Å². The summed E-state index contributed by atoms with van der Waals surface area (Å²) in [6, 6.07) is 9.85. The van der Waals surface area contributed by atoms with E-state index in [9.17, 15) is 17.6 Å². The SMILES string of the molecule is CN(C)c1cc(F)cc(C2Nc3c(cccc3C(=O)NS(C)(=O)=O)CC2(C)C)c1. The summed E-state index contributed by atoms with van der Waals surface area (Å²) in [4.78, 5) is 14.4. The van der Waals surface area contributed by atoms with Crippen molar-refractivity contribution < 1.29 is 17.6 Å². The lowest BCUT2D eigenvalue weighted by atomic mass is 9.72. The molecule has 6 nitrogen and oxygen atoms in total. The molecular formula is C21H26FN3O3S. The number of carbonyl (C=O) groups is 1. The van der Waals surface area contributed by atoms with Gasteiger partial charge >= 0.3 is 0 Å². The molecule has 0 aromatic heterocycles. The standard InChI is InChI=1S/C21H26FN3O3S/c1-21(2)12-13-7-6-8-17(20(26)24-29(5,27)28)18(13)23-19(21)14-9-15(22)11-16(10-14)25(3)4/h6-11,19,23H,12H2,1-5H3,(H,24,26). The summed E-state index contributed by atoms with van der Waals surface area (Å²) in [6.07, 6.45) is 1.59. The third-order valence-electron chi connectivity index (χ3n) is 5.14. The van der Waals surface area contributed by atoms with Crippen molar-refractivity contribution in [3.8, 4) is 0 Å². The molecule has 0 fully saturated rings. The number of hydrogen-bond acceptors (Lipinski definition) is 5. The Labute approximate surface area is 171 Å². The van der Waals surface area contributed by atoms with Gasteiger partial charge in [0.25, 0.3) is 5.91 Å². The number of nitrogens with one attached hydrogen (secondary N) is 2. The van der Waals surface area contributed by atoms with Gasteiger partial charge < -0.3 is 10.2 Å². The molecule has 1 unspecified atom stereocenters. The van der Waals surface area contributed by atoms with Crippen LogP contribution in [0.2, 0.25) is 0 Å². The first-order valence-corrected chi connectivity index (χ1v) is 11.1. The zero-order chi connectivity index (χ0) is 21.6. The van der Waals surface area contributed by atoms with Crippen molar-refractivity contribution in [2.45, 2.75) is 26.3 Å². The summed E-state index contributed by atoms with van der Waals surface area (Å²) in [7, 11) is 0.00652. The van der Waals surface area contributed by atoms with Crippen LogP contribution in [0.4, 0.5) is 15.8 Å². The molecule has 1 heterocycles. The van der Waals surface area contributed by atoms with Crippen LogP contribution in [0, 0.1) is 11.2 Å². The van der Waals surface area contributed by atoms with Crippen LogP contribution in [0.15, 0.2) is 36.4 Å².